The molecule has 26 heavy (non-hydrogen) atoms. The lowest BCUT2D eigenvalue weighted by atomic mass is 9.89. The van der Waals surface area contributed by atoms with E-state index in [1.807, 2.05) is 36.7 Å². The molecule has 1 aliphatic heterocycles. The zero-order valence-corrected chi connectivity index (χ0v) is 15.2. The highest BCUT2D eigenvalue weighted by molar-refractivity contribution is 6.30. The van der Waals surface area contributed by atoms with Crippen LogP contribution in [-0.2, 0) is 0 Å². The highest BCUT2D eigenvalue weighted by Crippen LogP contribution is 2.41. The fourth-order valence-electron chi connectivity index (χ4n) is 3.81. The Kier molecular flexibility index (Phi) is 4.82. The van der Waals surface area contributed by atoms with Crippen LogP contribution in [0.1, 0.15) is 24.3 Å². The Bertz CT molecular complexity index is 923. The number of piperidine rings is 1. The third-order valence-electron chi connectivity index (χ3n) is 4.96. The number of benzene rings is 1. The number of rotatable bonds is 4. The number of nitrogens with one attached hydrogen (secondary N) is 2. The van der Waals surface area contributed by atoms with E-state index in [1.54, 1.807) is 6.20 Å². The highest BCUT2D eigenvalue weighted by atomic mass is 35.5. The van der Waals surface area contributed by atoms with Crippen LogP contribution in [0.25, 0.3) is 16.6 Å². The van der Waals surface area contributed by atoms with Crippen LogP contribution in [0.2, 0.25) is 5.02 Å². The van der Waals surface area contributed by atoms with Gasteiger partial charge in [-0.2, -0.15) is 0 Å². The van der Waals surface area contributed by atoms with Gasteiger partial charge in [0.15, 0.2) is 0 Å². The lowest BCUT2D eigenvalue weighted by Crippen LogP contribution is -2.26. The smallest absolute Gasteiger partial charge is 0.119 e. The van der Waals surface area contributed by atoms with Crippen molar-refractivity contribution in [2.45, 2.75) is 18.8 Å². The van der Waals surface area contributed by atoms with Crippen molar-refractivity contribution >= 4 is 28.3 Å². The van der Waals surface area contributed by atoms with E-state index in [2.05, 4.69) is 26.3 Å². The van der Waals surface area contributed by atoms with E-state index in [0.29, 0.717) is 5.92 Å². The summed E-state index contributed by atoms with van der Waals surface area (Å²) >= 11 is 6.10. The first-order chi connectivity index (χ1) is 12.8. The minimum atomic E-state index is 0.489. The number of pyridine rings is 1. The van der Waals surface area contributed by atoms with Crippen molar-refractivity contribution in [1.29, 1.82) is 0 Å². The van der Waals surface area contributed by atoms with Crippen molar-refractivity contribution in [3.05, 3.63) is 65.7 Å². The lowest BCUT2D eigenvalue weighted by Gasteiger charge is -2.24. The van der Waals surface area contributed by atoms with Crippen LogP contribution in [0.3, 0.4) is 0 Å². The van der Waals surface area contributed by atoms with Crippen molar-refractivity contribution in [2.24, 2.45) is 5.73 Å². The topological polar surface area (TPSA) is 67.9 Å². The van der Waals surface area contributed by atoms with Crippen molar-refractivity contribution < 1.29 is 0 Å². The molecule has 4 rings (SSSR count). The number of nitrogens with zero attached hydrogens (tertiary/aromatic N) is 2. The molecule has 0 saturated carbocycles. The van der Waals surface area contributed by atoms with Crippen LogP contribution in [0.4, 0.5) is 5.82 Å². The van der Waals surface area contributed by atoms with Crippen molar-refractivity contribution in [2.75, 3.05) is 18.4 Å². The number of hydrogen-bond acceptors (Lipinski definition) is 4. The van der Waals surface area contributed by atoms with E-state index in [1.165, 1.54) is 17.1 Å². The Morgan fingerprint density at radius 1 is 1.19 bits per heavy atom. The molecule has 0 atom stereocenters. The van der Waals surface area contributed by atoms with Gasteiger partial charge < -0.3 is 16.4 Å². The molecule has 0 amide bonds. The molecule has 0 bridgehead atoms. The second kappa shape index (κ2) is 7.40. The van der Waals surface area contributed by atoms with E-state index in [-0.39, 0.29) is 0 Å². The first-order valence-electron chi connectivity index (χ1n) is 8.88. The van der Waals surface area contributed by atoms with Crippen LogP contribution < -0.4 is 16.4 Å². The Labute approximate surface area is 157 Å². The van der Waals surface area contributed by atoms with Gasteiger partial charge in [0.2, 0.25) is 0 Å². The third kappa shape index (κ3) is 3.04. The van der Waals surface area contributed by atoms with E-state index in [4.69, 9.17) is 17.3 Å². The molecule has 0 unspecified atom stereocenters. The molecule has 3 heterocycles. The van der Waals surface area contributed by atoms with Crippen LogP contribution in [0.15, 0.2) is 55.1 Å². The molecule has 134 valence electrons. The zero-order chi connectivity index (χ0) is 17.9. The number of anilines is 1. The number of hydrogen-bond donors (Lipinski definition) is 3. The molecule has 5 nitrogen and oxygen atoms in total. The molecule has 0 radical (unpaired) electrons. The summed E-state index contributed by atoms with van der Waals surface area (Å²) < 4.78 is 2.20. The summed E-state index contributed by atoms with van der Waals surface area (Å²) in [5.41, 5.74) is 9.07. The molecule has 0 aliphatic carbocycles. The maximum atomic E-state index is 6.10. The minimum absolute atomic E-state index is 0.489. The molecule has 3 aromatic rings. The second-order valence-corrected chi connectivity index (χ2v) is 6.93. The summed E-state index contributed by atoms with van der Waals surface area (Å²) in [6.45, 7) is 2.07. The molecule has 1 saturated heterocycles. The summed E-state index contributed by atoms with van der Waals surface area (Å²) in [7, 11) is 0. The van der Waals surface area contributed by atoms with Gasteiger partial charge in [0, 0.05) is 40.3 Å². The van der Waals surface area contributed by atoms with Gasteiger partial charge >= 0.3 is 0 Å². The third-order valence-corrected chi connectivity index (χ3v) is 5.21. The van der Waals surface area contributed by atoms with Gasteiger partial charge in [0.25, 0.3) is 0 Å². The summed E-state index contributed by atoms with van der Waals surface area (Å²) in [4.78, 5) is 4.37. The van der Waals surface area contributed by atoms with Gasteiger partial charge in [-0.1, -0.05) is 11.6 Å². The minimum Gasteiger partial charge on any atom is -0.403 e. The fourth-order valence-corrected chi connectivity index (χ4v) is 3.94. The normalized spacial score (nSPS) is 15.7. The lowest BCUT2D eigenvalue weighted by molar-refractivity contribution is 0.463. The monoisotopic (exact) mass is 367 g/mol. The quantitative estimate of drug-likeness (QED) is 0.652. The molecule has 0 spiro atoms. The number of aromatic nitrogens is 2. The average Bonchev–Trinajstić information content (AvgIpc) is 3.02. The molecular formula is C20H22ClN5. The Morgan fingerprint density at radius 2 is 1.96 bits per heavy atom. The summed E-state index contributed by atoms with van der Waals surface area (Å²) in [6, 6.07) is 9.98. The highest BCUT2D eigenvalue weighted by Gasteiger charge is 2.25. The maximum absolute atomic E-state index is 6.10. The van der Waals surface area contributed by atoms with Crippen molar-refractivity contribution in [3.8, 4) is 5.69 Å². The second-order valence-electron chi connectivity index (χ2n) is 6.49. The SMILES string of the molecule is N/C=C\Nc1c(C2CCNCC2)c2ccncc2n1-c1ccc(Cl)cc1. The first-order valence-corrected chi connectivity index (χ1v) is 9.25. The van der Waals surface area contributed by atoms with Gasteiger partial charge in [0.1, 0.15) is 5.82 Å². The van der Waals surface area contributed by atoms with Crippen molar-refractivity contribution in [1.82, 2.24) is 14.9 Å². The molecular weight excluding hydrogens is 346 g/mol. The van der Waals surface area contributed by atoms with E-state index in [0.717, 1.165) is 48.0 Å². The Hall–Kier alpha value is -2.50. The summed E-state index contributed by atoms with van der Waals surface area (Å²) in [5, 5.41) is 8.81. The van der Waals surface area contributed by atoms with Gasteiger partial charge in [0.05, 0.1) is 11.7 Å². The molecule has 6 heteroatoms. The molecule has 2 aromatic heterocycles. The van der Waals surface area contributed by atoms with Crippen LogP contribution in [-0.4, -0.2) is 22.6 Å². The number of fused-ring (bicyclic) bond motifs is 1. The zero-order valence-electron chi connectivity index (χ0n) is 14.5. The number of nitrogens with two attached hydrogens (primary N) is 1. The first kappa shape index (κ1) is 16.9. The molecule has 1 aromatic carbocycles. The molecule has 1 fully saturated rings. The van der Waals surface area contributed by atoms with Gasteiger partial charge in [-0.3, -0.25) is 9.55 Å². The maximum Gasteiger partial charge on any atom is 0.119 e. The molecule has 4 N–H and O–H groups in total. The predicted molar refractivity (Wildman–Crippen MR) is 108 cm³/mol. The summed E-state index contributed by atoms with van der Waals surface area (Å²) in [6.07, 6.45) is 9.31. The van der Waals surface area contributed by atoms with E-state index in [9.17, 15) is 0 Å². The summed E-state index contributed by atoms with van der Waals surface area (Å²) in [5.74, 6) is 1.53. The standard InChI is InChI=1S/C20H22ClN5/c21-15-1-3-16(4-2-15)26-18-13-24-11-7-17(18)19(20(26)25-12-8-22)14-5-9-23-10-6-14/h1-4,7-8,11-14,23,25H,5-6,9-10,22H2/b12-8-. The van der Waals surface area contributed by atoms with Crippen LogP contribution >= 0.6 is 11.6 Å². The predicted octanol–water partition coefficient (Wildman–Crippen LogP) is 3.99. The molecule has 1 aliphatic rings. The van der Waals surface area contributed by atoms with Crippen LogP contribution in [0, 0.1) is 0 Å². The fraction of sp³-hybridized carbons (Fsp3) is 0.250. The number of halogens is 1. The van der Waals surface area contributed by atoms with Gasteiger partial charge in [-0.15, -0.1) is 0 Å². The van der Waals surface area contributed by atoms with Crippen molar-refractivity contribution in [3.63, 3.8) is 0 Å². The van der Waals surface area contributed by atoms with E-state index < -0.39 is 0 Å². The Morgan fingerprint density at radius 3 is 2.69 bits per heavy atom. The van der Waals surface area contributed by atoms with Gasteiger partial charge in [-0.05, 0) is 62.2 Å². The Balaban J connectivity index is 1.98. The van der Waals surface area contributed by atoms with Crippen LogP contribution in [0.5, 0.6) is 0 Å². The largest absolute Gasteiger partial charge is 0.403 e. The average molecular weight is 368 g/mol. The van der Waals surface area contributed by atoms with Gasteiger partial charge in [-0.25, -0.2) is 0 Å². The van der Waals surface area contributed by atoms with E-state index >= 15 is 0 Å².